The molecule has 0 aromatic carbocycles. The van der Waals surface area contributed by atoms with Gasteiger partial charge in [0.05, 0.1) is 5.69 Å². The Hall–Kier alpha value is -1.16. The van der Waals surface area contributed by atoms with Crippen LogP contribution in [0.4, 0.5) is 5.82 Å². The molecule has 0 amide bonds. The molecule has 4 heteroatoms. The van der Waals surface area contributed by atoms with E-state index >= 15 is 0 Å². The normalized spacial score (nSPS) is 15.4. The van der Waals surface area contributed by atoms with Crippen molar-refractivity contribution >= 4 is 5.82 Å². The molecule has 2 rings (SSSR count). The van der Waals surface area contributed by atoms with E-state index in [0.29, 0.717) is 0 Å². The van der Waals surface area contributed by atoms with Gasteiger partial charge in [-0.3, -0.25) is 0 Å². The number of fused-ring (bicyclic) bond motifs is 1. The van der Waals surface area contributed by atoms with Gasteiger partial charge in [0.2, 0.25) is 0 Å². The zero-order valence-electron chi connectivity index (χ0n) is 7.09. The summed E-state index contributed by atoms with van der Waals surface area (Å²) in [5, 5.41) is 6.36. The van der Waals surface area contributed by atoms with Crippen molar-refractivity contribution < 1.29 is 0 Å². The lowest BCUT2D eigenvalue weighted by Gasteiger charge is -2.17. The number of nitrogens with one attached hydrogen (secondary N) is 2. The lowest BCUT2D eigenvalue weighted by molar-refractivity contribution is 0.627. The van der Waals surface area contributed by atoms with Gasteiger partial charge < -0.3 is 10.6 Å². The Morgan fingerprint density at radius 2 is 2.42 bits per heavy atom. The molecule has 1 aliphatic heterocycles. The lowest BCUT2D eigenvalue weighted by Crippen LogP contribution is -2.25. The quantitative estimate of drug-likeness (QED) is 0.621. The Labute approximate surface area is 71.4 Å². The monoisotopic (exact) mass is 164 g/mol. The number of anilines is 1. The molecule has 2 heterocycles. The van der Waals surface area contributed by atoms with Crippen molar-refractivity contribution in [3.63, 3.8) is 0 Å². The standard InChI is InChI=1S/C8H12N4/c1-9-8-6-4-10-3-2-7(6)11-5-12-8/h5,10H,2-4H2,1H3,(H,9,11,12). The minimum Gasteiger partial charge on any atom is -0.373 e. The number of hydrogen-bond donors (Lipinski definition) is 2. The zero-order chi connectivity index (χ0) is 8.39. The van der Waals surface area contributed by atoms with Gasteiger partial charge in [-0.1, -0.05) is 0 Å². The zero-order valence-corrected chi connectivity index (χ0v) is 7.09. The number of aromatic nitrogens is 2. The van der Waals surface area contributed by atoms with Crippen LogP contribution in [-0.4, -0.2) is 23.6 Å². The van der Waals surface area contributed by atoms with Crippen LogP contribution in [0, 0.1) is 0 Å². The van der Waals surface area contributed by atoms with Gasteiger partial charge in [0, 0.05) is 32.1 Å². The maximum atomic E-state index is 4.24. The third-order valence-corrected chi connectivity index (χ3v) is 2.11. The topological polar surface area (TPSA) is 49.8 Å². The van der Waals surface area contributed by atoms with E-state index in [-0.39, 0.29) is 0 Å². The third kappa shape index (κ3) is 1.14. The first kappa shape index (κ1) is 7.49. The largest absolute Gasteiger partial charge is 0.373 e. The molecule has 1 aromatic heterocycles. The molecular weight excluding hydrogens is 152 g/mol. The first-order chi connectivity index (χ1) is 5.92. The van der Waals surface area contributed by atoms with Crippen LogP contribution >= 0.6 is 0 Å². The van der Waals surface area contributed by atoms with Crippen molar-refractivity contribution in [2.24, 2.45) is 0 Å². The molecule has 0 saturated carbocycles. The summed E-state index contributed by atoms with van der Waals surface area (Å²) < 4.78 is 0. The molecule has 0 aliphatic carbocycles. The molecule has 0 atom stereocenters. The Balaban J connectivity index is 2.44. The van der Waals surface area contributed by atoms with Crippen LogP contribution in [0.3, 0.4) is 0 Å². The molecule has 2 N–H and O–H groups in total. The van der Waals surface area contributed by atoms with Crippen LogP contribution in [0.2, 0.25) is 0 Å². The van der Waals surface area contributed by atoms with E-state index in [4.69, 9.17) is 0 Å². The van der Waals surface area contributed by atoms with Crippen molar-refractivity contribution in [3.05, 3.63) is 17.6 Å². The van der Waals surface area contributed by atoms with Crippen molar-refractivity contribution in [3.8, 4) is 0 Å². The van der Waals surface area contributed by atoms with Gasteiger partial charge >= 0.3 is 0 Å². The second-order valence-electron chi connectivity index (χ2n) is 2.82. The van der Waals surface area contributed by atoms with Gasteiger partial charge in [0.15, 0.2) is 0 Å². The van der Waals surface area contributed by atoms with Crippen molar-refractivity contribution in [1.82, 2.24) is 15.3 Å². The number of nitrogens with zero attached hydrogens (tertiary/aromatic N) is 2. The van der Waals surface area contributed by atoms with Gasteiger partial charge in [0.1, 0.15) is 12.1 Å². The summed E-state index contributed by atoms with van der Waals surface area (Å²) in [4.78, 5) is 8.39. The van der Waals surface area contributed by atoms with Crippen LogP contribution in [0.5, 0.6) is 0 Å². The van der Waals surface area contributed by atoms with Gasteiger partial charge in [-0.2, -0.15) is 0 Å². The van der Waals surface area contributed by atoms with Gasteiger partial charge in [-0.05, 0) is 0 Å². The SMILES string of the molecule is CNc1ncnc2c1CNCC2. The van der Waals surface area contributed by atoms with Crippen LogP contribution < -0.4 is 10.6 Å². The minimum atomic E-state index is 0.881. The highest BCUT2D eigenvalue weighted by molar-refractivity contribution is 5.46. The molecule has 0 saturated heterocycles. The van der Waals surface area contributed by atoms with E-state index in [1.54, 1.807) is 6.33 Å². The Morgan fingerprint density at radius 3 is 3.25 bits per heavy atom. The van der Waals surface area contributed by atoms with Gasteiger partial charge in [-0.25, -0.2) is 9.97 Å². The smallest absolute Gasteiger partial charge is 0.133 e. The highest BCUT2D eigenvalue weighted by Gasteiger charge is 2.13. The van der Waals surface area contributed by atoms with Crippen molar-refractivity contribution in [2.45, 2.75) is 13.0 Å². The molecule has 0 unspecified atom stereocenters. The summed E-state index contributed by atoms with van der Waals surface area (Å²) >= 11 is 0. The molecule has 4 nitrogen and oxygen atoms in total. The van der Waals surface area contributed by atoms with Crippen LogP contribution in [0.25, 0.3) is 0 Å². The summed E-state index contributed by atoms with van der Waals surface area (Å²) in [7, 11) is 1.89. The Kier molecular flexibility index (Phi) is 1.91. The van der Waals surface area contributed by atoms with Crippen LogP contribution in [0.15, 0.2) is 6.33 Å². The second-order valence-corrected chi connectivity index (χ2v) is 2.82. The molecule has 0 radical (unpaired) electrons. The molecule has 1 aliphatic rings. The summed E-state index contributed by atoms with van der Waals surface area (Å²) in [6.45, 7) is 1.90. The second kappa shape index (κ2) is 3.06. The van der Waals surface area contributed by atoms with Gasteiger partial charge in [0.25, 0.3) is 0 Å². The van der Waals surface area contributed by atoms with E-state index < -0.39 is 0 Å². The Bertz CT molecular complexity index is 270. The maximum absolute atomic E-state index is 4.24. The summed E-state index contributed by atoms with van der Waals surface area (Å²) in [5.41, 5.74) is 2.39. The highest BCUT2D eigenvalue weighted by atomic mass is 15.0. The fourth-order valence-corrected chi connectivity index (χ4v) is 1.49. The average Bonchev–Trinajstić information content (AvgIpc) is 2.17. The average molecular weight is 164 g/mol. The molecule has 0 spiro atoms. The van der Waals surface area contributed by atoms with E-state index in [1.807, 2.05) is 7.05 Å². The summed E-state index contributed by atoms with van der Waals surface area (Å²) in [6, 6.07) is 0. The highest BCUT2D eigenvalue weighted by Crippen LogP contribution is 2.17. The Morgan fingerprint density at radius 1 is 1.50 bits per heavy atom. The predicted octanol–water partition coefficient (Wildman–Crippen LogP) is 0.164. The molecule has 0 fully saturated rings. The summed E-state index contributed by atoms with van der Waals surface area (Å²) in [5.74, 6) is 0.951. The van der Waals surface area contributed by atoms with E-state index in [2.05, 4.69) is 20.6 Å². The van der Waals surface area contributed by atoms with Crippen molar-refractivity contribution in [1.29, 1.82) is 0 Å². The van der Waals surface area contributed by atoms with E-state index in [0.717, 1.165) is 25.3 Å². The first-order valence-corrected chi connectivity index (χ1v) is 4.13. The fourth-order valence-electron chi connectivity index (χ4n) is 1.49. The predicted molar refractivity (Wildman–Crippen MR) is 47.0 cm³/mol. The van der Waals surface area contributed by atoms with Crippen LogP contribution in [0.1, 0.15) is 11.3 Å². The third-order valence-electron chi connectivity index (χ3n) is 2.11. The number of hydrogen-bond acceptors (Lipinski definition) is 4. The maximum Gasteiger partial charge on any atom is 0.133 e. The van der Waals surface area contributed by atoms with Crippen molar-refractivity contribution in [2.75, 3.05) is 18.9 Å². The fraction of sp³-hybridized carbons (Fsp3) is 0.500. The molecule has 1 aromatic rings. The molecule has 64 valence electrons. The lowest BCUT2D eigenvalue weighted by atomic mass is 10.1. The minimum absolute atomic E-state index is 0.881. The van der Waals surface area contributed by atoms with Gasteiger partial charge in [-0.15, -0.1) is 0 Å². The molecule has 0 bridgehead atoms. The first-order valence-electron chi connectivity index (χ1n) is 4.13. The van der Waals surface area contributed by atoms with E-state index in [9.17, 15) is 0 Å². The summed E-state index contributed by atoms with van der Waals surface area (Å²) in [6.07, 6.45) is 2.63. The molecule has 12 heavy (non-hydrogen) atoms. The van der Waals surface area contributed by atoms with Crippen LogP contribution in [-0.2, 0) is 13.0 Å². The number of rotatable bonds is 1. The van der Waals surface area contributed by atoms with E-state index in [1.165, 1.54) is 11.3 Å². The molecular formula is C8H12N4.